The summed E-state index contributed by atoms with van der Waals surface area (Å²) in [6.07, 6.45) is 0. The van der Waals surface area contributed by atoms with Crippen LogP contribution < -0.4 is 10.1 Å². The van der Waals surface area contributed by atoms with Crippen molar-refractivity contribution >= 4 is 28.9 Å². The maximum absolute atomic E-state index is 9.50. The fourth-order valence-corrected chi connectivity index (χ4v) is 2.29. The van der Waals surface area contributed by atoms with E-state index in [0.29, 0.717) is 13.2 Å². The van der Waals surface area contributed by atoms with Gasteiger partial charge in [-0.05, 0) is 48.9 Å². The van der Waals surface area contributed by atoms with Gasteiger partial charge in [0.1, 0.15) is 5.75 Å². The average Bonchev–Trinajstić information content (AvgIpc) is 2.44. The molecule has 0 saturated carbocycles. The van der Waals surface area contributed by atoms with Crippen molar-refractivity contribution in [3.8, 4) is 11.5 Å². The fraction of sp³-hybridized carbons (Fsp3) is 0.200. The van der Waals surface area contributed by atoms with Gasteiger partial charge in [-0.2, -0.15) is 0 Å². The van der Waals surface area contributed by atoms with Gasteiger partial charge in [0.15, 0.2) is 5.75 Å². The second kappa shape index (κ2) is 6.73. The van der Waals surface area contributed by atoms with Gasteiger partial charge in [0.2, 0.25) is 0 Å². The predicted octanol–water partition coefficient (Wildman–Crippen LogP) is 4.71. The van der Waals surface area contributed by atoms with Gasteiger partial charge in [-0.1, -0.05) is 23.2 Å². The second-order valence-electron chi connectivity index (χ2n) is 4.22. The Morgan fingerprint density at radius 2 is 1.70 bits per heavy atom. The zero-order valence-corrected chi connectivity index (χ0v) is 12.5. The number of aromatic hydroxyl groups is 1. The van der Waals surface area contributed by atoms with Crippen LogP contribution in [-0.4, -0.2) is 11.7 Å². The van der Waals surface area contributed by atoms with Crippen LogP contribution in [0.25, 0.3) is 0 Å². The highest BCUT2D eigenvalue weighted by Gasteiger charge is 2.06. The molecule has 2 rings (SSSR count). The van der Waals surface area contributed by atoms with E-state index in [2.05, 4.69) is 5.32 Å². The monoisotopic (exact) mass is 311 g/mol. The van der Waals surface area contributed by atoms with Crippen LogP contribution in [0.15, 0.2) is 36.4 Å². The van der Waals surface area contributed by atoms with E-state index in [4.69, 9.17) is 27.9 Å². The minimum absolute atomic E-state index is 0.0850. The van der Waals surface area contributed by atoms with E-state index < -0.39 is 0 Å². The van der Waals surface area contributed by atoms with Gasteiger partial charge in [-0.15, -0.1) is 0 Å². The highest BCUT2D eigenvalue weighted by Crippen LogP contribution is 2.32. The lowest BCUT2D eigenvalue weighted by atomic mass is 10.2. The number of hydrogen-bond donors (Lipinski definition) is 2. The Kier molecular flexibility index (Phi) is 4.99. The molecule has 0 atom stereocenters. The largest absolute Gasteiger partial charge is 0.505 e. The topological polar surface area (TPSA) is 41.5 Å². The summed E-state index contributed by atoms with van der Waals surface area (Å²) in [5.74, 6) is 0.756. The van der Waals surface area contributed by atoms with Crippen molar-refractivity contribution in [1.29, 1.82) is 0 Å². The molecule has 0 aromatic heterocycles. The van der Waals surface area contributed by atoms with Gasteiger partial charge in [-0.25, -0.2) is 0 Å². The molecule has 0 bridgehead atoms. The molecule has 0 spiro atoms. The molecular formula is C15H15Cl2NO2. The van der Waals surface area contributed by atoms with Crippen LogP contribution >= 0.6 is 23.2 Å². The third-order valence-electron chi connectivity index (χ3n) is 2.74. The molecule has 2 N–H and O–H groups in total. The molecule has 0 aliphatic heterocycles. The number of benzene rings is 2. The third-order valence-corrected chi connectivity index (χ3v) is 3.31. The summed E-state index contributed by atoms with van der Waals surface area (Å²) < 4.78 is 5.38. The van der Waals surface area contributed by atoms with Crippen molar-refractivity contribution in [3.05, 3.63) is 52.0 Å². The van der Waals surface area contributed by atoms with E-state index in [1.807, 2.05) is 31.2 Å². The SMILES string of the molecule is CCOc1ccc(NCc2cc(Cl)c(O)c(Cl)c2)cc1. The number of hydrogen-bond acceptors (Lipinski definition) is 3. The van der Waals surface area contributed by atoms with Gasteiger partial charge in [-0.3, -0.25) is 0 Å². The molecule has 0 heterocycles. The number of rotatable bonds is 5. The molecule has 0 saturated heterocycles. The first-order valence-corrected chi connectivity index (χ1v) is 6.99. The summed E-state index contributed by atoms with van der Waals surface area (Å²) in [6, 6.07) is 11.1. The van der Waals surface area contributed by atoms with E-state index in [0.717, 1.165) is 17.0 Å². The number of halogens is 2. The summed E-state index contributed by atoms with van der Waals surface area (Å²) in [6.45, 7) is 3.16. The minimum Gasteiger partial charge on any atom is -0.505 e. The van der Waals surface area contributed by atoms with Crippen molar-refractivity contribution in [2.75, 3.05) is 11.9 Å². The van der Waals surface area contributed by atoms with E-state index in [1.165, 1.54) is 0 Å². The van der Waals surface area contributed by atoms with E-state index in [1.54, 1.807) is 12.1 Å². The van der Waals surface area contributed by atoms with Crippen molar-refractivity contribution < 1.29 is 9.84 Å². The van der Waals surface area contributed by atoms with Crippen LogP contribution in [0, 0.1) is 0 Å². The highest BCUT2D eigenvalue weighted by atomic mass is 35.5. The van der Waals surface area contributed by atoms with Crippen LogP contribution in [0.2, 0.25) is 10.0 Å². The summed E-state index contributed by atoms with van der Waals surface area (Å²) >= 11 is 11.8. The lowest BCUT2D eigenvalue weighted by Crippen LogP contribution is -1.99. The van der Waals surface area contributed by atoms with Crippen LogP contribution in [0.3, 0.4) is 0 Å². The summed E-state index contributed by atoms with van der Waals surface area (Å²) in [7, 11) is 0. The second-order valence-corrected chi connectivity index (χ2v) is 5.03. The van der Waals surface area contributed by atoms with E-state index in [-0.39, 0.29) is 15.8 Å². The lowest BCUT2D eigenvalue weighted by Gasteiger charge is -2.09. The van der Waals surface area contributed by atoms with Crippen molar-refractivity contribution in [1.82, 2.24) is 0 Å². The minimum atomic E-state index is -0.0850. The number of phenolic OH excluding ortho intramolecular Hbond substituents is 1. The van der Waals surface area contributed by atoms with Crippen LogP contribution in [0.4, 0.5) is 5.69 Å². The zero-order chi connectivity index (χ0) is 14.5. The third kappa shape index (κ3) is 3.71. The highest BCUT2D eigenvalue weighted by molar-refractivity contribution is 6.37. The molecule has 106 valence electrons. The molecule has 5 heteroatoms. The molecule has 0 amide bonds. The molecule has 0 aliphatic rings. The normalized spacial score (nSPS) is 10.3. The summed E-state index contributed by atoms with van der Waals surface area (Å²) in [5, 5.41) is 13.3. The first-order chi connectivity index (χ1) is 9.60. The fourth-order valence-electron chi connectivity index (χ4n) is 1.76. The molecule has 2 aromatic carbocycles. The predicted molar refractivity (Wildman–Crippen MR) is 83.1 cm³/mol. The first-order valence-electron chi connectivity index (χ1n) is 6.23. The molecule has 0 fully saturated rings. The molecule has 0 radical (unpaired) electrons. The maximum Gasteiger partial charge on any atom is 0.152 e. The molecule has 0 unspecified atom stereocenters. The van der Waals surface area contributed by atoms with Gasteiger partial charge < -0.3 is 15.2 Å². The Morgan fingerprint density at radius 1 is 1.10 bits per heavy atom. The van der Waals surface area contributed by atoms with Crippen LogP contribution in [0.1, 0.15) is 12.5 Å². The molecule has 2 aromatic rings. The Morgan fingerprint density at radius 3 is 2.25 bits per heavy atom. The first kappa shape index (κ1) is 14.8. The number of ether oxygens (including phenoxy) is 1. The number of phenols is 1. The van der Waals surface area contributed by atoms with E-state index >= 15 is 0 Å². The molecule has 20 heavy (non-hydrogen) atoms. The maximum atomic E-state index is 9.50. The van der Waals surface area contributed by atoms with E-state index in [9.17, 15) is 5.11 Å². The Bertz CT molecular complexity index is 562. The zero-order valence-electron chi connectivity index (χ0n) is 11.0. The molecular weight excluding hydrogens is 297 g/mol. The summed E-state index contributed by atoms with van der Waals surface area (Å²) in [5.41, 5.74) is 1.86. The Labute approximate surface area is 128 Å². The van der Waals surface area contributed by atoms with Crippen molar-refractivity contribution in [2.24, 2.45) is 0 Å². The van der Waals surface area contributed by atoms with Crippen molar-refractivity contribution in [3.63, 3.8) is 0 Å². The quantitative estimate of drug-likeness (QED) is 0.840. The van der Waals surface area contributed by atoms with Gasteiger partial charge in [0, 0.05) is 12.2 Å². The van der Waals surface area contributed by atoms with Crippen LogP contribution in [-0.2, 0) is 6.54 Å². The van der Waals surface area contributed by atoms with Gasteiger partial charge >= 0.3 is 0 Å². The smallest absolute Gasteiger partial charge is 0.152 e. The standard InChI is InChI=1S/C15H15Cl2NO2/c1-2-20-12-5-3-11(4-6-12)18-9-10-7-13(16)15(19)14(17)8-10/h3-8,18-19H,2,9H2,1H3. The Balaban J connectivity index is 2.01. The summed E-state index contributed by atoms with van der Waals surface area (Å²) in [4.78, 5) is 0. The van der Waals surface area contributed by atoms with Crippen molar-refractivity contribution in [2.45, 2.75) is 13.5 Å². The lowest BCUT2D eigenvalue weighted by molar-refractivity contribution is 0.340. The average molecular weight is 312 g/mol. The van der Waals surface area contributed by atoms with Gasteiger partial charge in [0.25, 0.3) is 0 Å². The number of nitrogens with one attached hydrogen (secondary N) is 1. The van der Waals surface area contributed by atoms with Gasteiger partial charge in [0.05, 0.1) is 16.7 Å². The Hall–Kier alpha value is -1.58. The number of anilines is 1. The molecule has 0 aliphatic carbocycles. The van der Waals surface area contributed by atoms with Crippen LogP contribution in [0.5, 0.6) is 11.5 Å². The molecule has 3 nitrogen and oxygen atoms in total.